The van der Waals surface area contributed by atoms with Gasteiger partial charge >= 0.3 is 0 Å². The van der Waals surface area contributed by atoms with Crippen LogP contribution in [0.15, 0.2) is 33.5 Å². The Morgan fingerprint density at radius 3 is 3.00 bits per heavy atom. The molecule has 1 atom stereocenters. The van der Waals surface area contributed by atoms with Crippen molar-refractivity contribution in [3.63, 3.8) is 0 Å². The van der Waals surface area contributed by atoms with E-state index in [-0.39, 0.29) is 5.38 Å². The first-order valence-corrected chi connectivity index (χ1v) is 7.43. The molecule has 0 saturated carbocycles. The topological polar surface area (TPSA) is 56.7 Å². The van der Waals surface area contributed by atoms with E-state index in [1.165, 1.54) is 6.33 Å². The zero-order valence-electron chi connectivity index (χ0n) is 10.8. The van der Waals surface area contributed by atoms with Crippen LogP contribution >= 0.6 is 27.5 Å². The van der Waals surface area contributed by atoms with Gasteiger partial charge in [0.2, 0.25) is 5.89 Å². The van der Waals surface area contributed by atoms with Gasteiger partial charge in [0.1, 0.15) is 5.82 Å². The monoisotopic (exact) mass is 354 g/mol. The van der Waals surface area contributed by atoms with Crippen molar-refractivity contribution in [3.8, 4) is 0 Å². The van der Waals surface area contributed by atoms with E-state index in [9.17, 15) is 0 Å². The van der Waals surface area contributed by atoms with Crippen molar-refractivity contribution in [1.29, 1.82) is 0 Å². The number of hydrogen-bond acceptors (Lipinski definition) is 4. The number of rotatable bonds is 4. The highest BCUT2D eigenvalue weighted by atomic mass is 79.9. The van der Waals surface area contributed by atoms with E-state index >= 15 is 0 Å². The molecule has 3 rings (SSSR count). The van der Waals surface area contributed by atoms with Crippen LogP contribution in [-0.4, -0.2) is 19.7 Å². The van der Waals surface area contributed by atoms with Crippen LogP contribution in [0, 0.1) is 0 Å². The van der Waals surface area contributed by atoms with E-state index in [1.807, 2.05) is 25.1 Å². The number of aromatic nitrogens is 4. The number of nitrogens with zero attached hydrogens (tertiary/aromatic N) is 4. The van der Waals surface area contributed by atoms with Gasteiger partial charge in [-0.3, -0.25) is 0 Å². The summed E-state index contributed by atoms with van der Waals surface area (Å²) in [5.74, 6) is 1.45. The molecule has 7 heteroatoms. The predicted octanol–water partition coefficient (Wildman–Crippen LogP) is 3.72. The first-order valence-electron chi connectivity index (χ1n) is 6.20. The number of hydrogen-bond donors (Lipinski definition) is 0. The zero-order valence-corrected chi connectivity index (χ0v) is 13.1. The SMILES string of the molecule is CC(Cl)c1nc2ccc(Br)cc2n1CCc1ncno1. The minimum atomic E-state index is -0.163. The maximum Gasteiger partial charge on any atom is 0.228 e. The third-order valence-electron chi connectivity index (χ3n) is 3.05. The molecule has 1 aromatic carbocycles. The minimum Gasteiger partial charge on any atom is -0.340 e. The number of halogens is 2. The van der Waals surface area contributed by atoms with E-state index in [0.29, 0.717) is 18.9 Å². The minimum absolute atomic E-state index is 0.163. The summed E-state index contributed by atoms with van der Waals surface area (Å²) in [6, 6.07) is 5.99. The van der Waals surface area contributed by atoms with E-state index in [0.717, 1.165) is 21.3 Å². The molecule has 3 aromatic rings. The summed E-state index contributed by atoms with van der Waals surface area (Å²) in [5, 5.41) is 3.45. The number of alkyl halides is 1. The van der Waals surface area contributed by atoms with Crippen LogP contribution in [0.3, 0.4) is 0 Å². The summed E-state index contributed by atoms with van der Waals surface area (Å²) in [7, 11) is 0. The van der Waals surface area contributed by atoms with Gasteiger partial charge in [-0.25, -0.2) is 4.98 Å². The van der Waals surface area contributed by atoms with Gasteiger partial charge in [-0.1, -0.05) is 21.1 Å². The number of benzene rings is 1. The number of imidazole rings is 1. The second-order valence-electron chi connectivity index (χ2n) is 4.46. The van der Waals surface area contributed by atoms with E-state index in [2.05, 4.69) is 35.6 Å². The fourth-order valence-electron chi connectivity index (χ4n) is 2.17. The quantitative estimate of drug-likeness (QED) is 0.669. The van der Waals surface area contributed by atoms with Gasteiger partial charge in [-0.15, -0.1) is 11.6 Å². The molecule has 2 aromatic heterocycles. The Hall–Kier alpha value is -1.40. The summed E-state index contributed by atoms with van der Waals surface area (Å²) >= 11 is 9.72. The molecule has 104 valence electrons. The Morgan fingerprint density at radius 1 is 1.45 bits per heavy atom. The third-order valence-corrected chi connectivity index (χ3v) is 3.74. The second kappa shape index (κ2) is 5.54. The molecular formula is C13H12BrClN4O. The molecule has 1 unspecified atom stereocenters. The average Bonchev–Trinajstić information content (AvgIpc) is 3.03. The van der Waals surface area contributed by atoms with Gasteiger partial charge in [-0.05, 0) is 25.1 Å². The summed E-state index contributed by atoms with van der Waals surface area (Å²) in [4.78, 5) is 8.63. The molecular weight excluding hydrogens is 344 g/mol. The molecule has 0 aliphatic carbocycles. The van der Waals surface area contributed by atoms with Crippen LogP contribution in [0.25, 0.3) is 11.0 Å². The van der Waals surface area contributed by atoms with Gasteiger partial charge in [0, 0.05) is 17.4 Å². The molecule has 0 amide bonds. The lowest BCUT2D eigenvalue weighted by molar-refractivity contribution is 0.371. The Kier molecular flexibility index (Phi) is 3.76. The first-order chi connectivity index (χ1) is 9.65. The summed E-state index contributed by atoms with van der Waals surface area (Å²) < 4.78 is 8.14. The Balaban J connectivity index is 2.01. The van der Waals surface area contributed by atoms with Crippen LogP contribution in [0.4, 0.5) is 0 Å². The Bertz CT molecular complexity index is 723. The van der Waals surface area contributed by atoms with Crippen molar-refractivity contribution in [2.45, 2.75) is 25.3 Å². The maximum atomic E-state index is 6.23. The van der Waals surface area contributed by atoms with Crippen LogP contribution in [0.2, 0.25) is 0 Å². The lowest BCUT2D eigenvalue weighted by Gasteiger charge is -2.09. The predicted molar refractivity (Wildman–Crippen MR) is 79.7 cm³/mol. The standard InChI is InChI=1S/C13H12BrClN4O/c1-8(15)13-18-10-3-2-9(14)6-11(10)19(13)5-4-12-16-7-17-20-12/h2-3,6-8H,4-5H2,1H3. The first kappa shape index (κ1) is 13.6. The molecule has 20 heavy (non-hydrogen) atoms. The molecule has 0 radical (unpaired) electrons. The normalized spacial score (nSPS) is 12.9. The van der Waals surface area contributed by atoms with Crippen molar-refractivity contribution in [2.24, 2.45) is 0 Å². The lowest BCUT2D eigenvalue weighted by Crippen LogP contribution is -2.07. The van der Waals surface area contributed by atoms with Gasteiger partial charge in [0.15, 0.2) is 6.33 Å². The van der Waals surface area contributed by atoms with Gasteiger partial charge < -0.3 is 9.09 Å². The fraction of sp³-hybridized carbons (Fsp3) is 0.308. The largest absolute Gasteiger partial charge is 0.340 e. The Labute approximate surface area is 129 Å². The molecule has 0 aliphatic rings. The van der Waals surface area contributed by atoms with Gasteiger partial charge in [-0.2, -0.15) is 4.98 Å². The van der Waals surface area contributed by atoms with Crippen LogP contribution < -0.4 is 0 Å². The van der Waals surface area contributed by atoms with Crippen molar-refractivity contribution in [2.75, 3.05) is 0 Å². The molecule has 0 saturated heterocycles. The Morgan fingerprint density at radius 2 is 2.30 bits per heavy atom. The molecule has 0 fully saturated rings. The van der Waals surface area contributed by atoms with E-state index < -0.39 is 0 Å². The molecule has 0 N–H and O–H groups in total. The van der Waals surface area contributed by atoms with E-state index in [1.54, 1.807) is 0 Å². The second-order valence-corrected chi connectivity index (χ2v) is 6.03. The van der Waals surface area contributed by atoms with Crippen LogP contribution in [-0.2, 0) is 13.0 Å². The highest BCUT2D eigenvalue weighted by Gasteiger charge is 2.15. The van der Waals surface area contributed by atoms with Gasteiger partial charge in [0.05, 0.1) is 16.4 Å². The maximum absolute atomic E-state index is 6.23. The van der Waals surface area contributed by atoms with Crippen molar-refractivity contribution >= 4 is 38.6 Å². The van der Waals surface area contributed by atoms with Crippen LogP contribution in [0.5, 0.6) is 0 Å². The zero-order chi connectivity index (χ0) is 14.1. The molecule has 0 spiro atoms. The highest BCUT2D eigenvalue weighted by Crippen LogP contribution is 2.27. The van der Waals surface area contributed by atoms with Crippen molar-refractivity contribution in [3.05, 3.63) is 40.7 Å². The van der Waals surface area contributed by atoms with Crippen molar-refractivity contribution < 1.29 is 4.52 Å². The average molecular weight is 356 g/mol. The summed E-state index contributed by atoms with van der Waals surface area (Å²) in [5.41, 5.74) is 1.97. The third kappa shape index (κ3) is 2.58. The van der Waals surface area contributed by atoms with Crippen molar-refractivity contribution in [1.82, 2.24) is 19.7 Å². The number of aryl methyl sites for hydroxylation is 2. The molecule has 0 bridgehead atoms. The molecule has 5 nitrogen and oxygen atoms in total. The fourth-order valence-corrected chi connectivity index (χ4v) is 2.68. The highest BCUT2D eigenvalue weighted by molar-refractivity contribution is 9.10. The molecule has 0 aliphatic heterocycles. The summed E-state index contributed by atoms with van der Waals surface area (Å²) in [6.45, 7) is 2.61. The van der Waals surface area contributed by atoms with Crippen LogP contribution in [0.1, 0.15) is 24.0 Å². The number of fused-ring (bicyclic) bond motifs is 1. The van der Waals surface area contributed by atoms with Gasteiger partial charge in [0.25, 0.3) is 0 Å². The smallest absolute Gasteiger partial charge is 0.228 e. The van der Waals surface area contributed by atoms with E-state index in [4.69, 9.17) is 16.1 Å². The summed E-state index contributed by atoms with van der Waals surface area (Å²) in [6.07, 6.45) is 2.05. The lowest BCUT2D eigenvalue weighted by atomic mass is 10.3. The molecule has 2 heterocycles.